The molecule has 0 spiro atoms. The quantitative estimate of drug-likeness (QED) is 0.818. The topological polar surface area (TPSA) is 29.5 Å². The number of aliphatic hydroxyl groups is 1. The van der Waals surface area contributed by atoms with E-state index in [1.54, 1.807) is 0 Å². The second-order valence-corrected chi connectivity index (χ2v) is 6.23. The zero-order valence-corrected chi connectivity index (χ0v) is 11.5. The van der Waals surface area contributed by atoms with Crippen LogP contribution in [0.25, 0.3) is 0 Å². The lowest BCUT2D eigenvalue weighted by molar-refractivity contribution is -0.0751. The molecule has 0 heterocycles. The van der Waals surface area contributed by atoms with E-state index in [4.69, 9.17) is 4.74 Å². The van der Waals surface area contributed by atoms with Crippen molar-refractivity contribution in [1.82, 2.24) is 0 Å². The molecule has 1 unspecified atom stereocenters. The van der Waals surface area contributed by atoms with Crippen LogP contribution in [0.3, 0.4) is 0 Å². The van der Waals surface area contributed by atoms with E-state index in [0.717, 1.165) is 12.8 Å². The Balaban J connectivity index is 1.89. The van der Waals surface area contributed by atoms with Crippen LogP contribution in [-0.4, -0.2) is 23.9 Å². The van der Waals surface area contributed by atoms with Gasteiger partial charge >= 0.3 is 0 Å². The molecule has 2 aliphatic carbocycles. The predicted molar refractivity (Wildman–Crippen MR) is 70.0 cm³/mol. The molecule has 0 aromatic rings. The molecule has 100 valence electrons. The number of hydrogen-bond acceptors (Lipinski definition) is 2. The standard InChI is InChI=1S/C15H28O2/c1-12(15(16)10-4-3-5-11-15)13-6-8-14(17-2)9-7-13/h12-14,16H,3-11H2,1-2H3. The number of ether oxygens (including phenoxy) is 1. The first-order chi connectivity index (χ1) is 8.15. The number of rotatable bonds is 3. The fourth-order valence-electron chi connectivity index (χ4n) is 3.88. The van der Waals surface area contributed by atoms with Crippen molar-refractivity contribution < 1.29 is 9.84 Å². The number of hydrogen-bond donors (Lipinski definition) is 1. The van der Waals surface area contributed by atoms with Gasteiger partial charge in [-0.25, -0.2) is 0 Å². The second-order valence-electron chi connectivity index (χ2n) is 6.23. The molecule has 0 amide bonds. The molecule has 1 N–H and O–H groups in total. The highest BCUT2D eigenvalue weighted by molar-refractivity contribution is 4.91. The van der Waals surface area contributed by atoms with Crippen molar-refractivity contribution in [3.8, 4) is 0 Å². The summed E-state index contributed by atoms with van der Waals surface area (Å²) in [5, 5.41) is 10.8. The molecule has 2 fully saturated rings. The van der Waals surface area contributed by atoms with Crippen molar-refractivity contribution >= 4 is 0 Å². The highest BCUT2D eigenvalue weighted by Crippen LogP contribution is 2.42. The Morgan fingerprint density at radius 3 is 2.18 bits per heavy atom. The maximum atomic E-state index is 10.8. The van der Waals surface area contributed by atoms with Crippen LogP contribution in [0.1, 0.15) is 64.7 Å². The van der Waals surface area contributed by atoms with Crippen LogP contribution in [0.2, 0.25) is 0 Å². The third-order valence-corrected chi connectivity index (χ3v) is 5.33. The van der Waals surface area contributed by atoms with Crippen LogP contribution in [0.4, 0.5) is 0 Å². The zero-order valence-electron chi connectivity index (χ0n) is 11.5. The van der Waals surface area contributed by atoms with E-state index >= 15 is 0 Å². The van der Waals surface area contributed by atoms with E-state index in [0.29, 0.717) is 17.9 Å². The van der Waals surface area contributed by atoms with Crippen LogP contribution in [0.15, 0.2) is 0 Å². The molecule has 0 bridgehead atoms. The first-order valence-corrected chi connectivity index (χ1v) is 7.41. The minimum atomic E-state index is -0.358. The average molecular weight is 240 g/mol. The van der Waals surface area contributed by atoms with Gasteiger partial charge in [0.1, 0.15) is 0 Å². The molecule has 2 nitrogen and oxygen atoms in total. The first-order valence-electron chi connectivity index (χ1n) is 7.41. The van der Waals surface area contributed by atoms with Crippen LogP contribution in [0, 0.1) is 11.8 Å². The van der Waals surface area contributed by atoms with Crippen molar-refractivity contribution in [2.24, 2.45) is 11.8 Å². The summed E-state index contributed by atoms with van der Waals surface area (Å²) < 4.78 is 5.43. The molecular formula is C15H28O2. The van der Waals surface area contributed by atoms with Gasteiger partial charge in [-0.2, -0.15) is 0 Å². The maximum absolute atomic E-state index is 10.8. The molecule has 17 heavy (non-hydrogen) atoms. The minimum Gasteiger partial charge on any atom is -0.390 e. The van der Waals surface area contributed by atoms with Crippen molar-refractivity contribution in [3.05, 3.63) is 0 Å². The van der Waals surface area contributed by atoms with E-state index in [-0.39, 0.29) is 5.60 Å². The highest BCUT2D eigenvalue weighted by atomic mass is 16.5. The Labute approximate surface area is 106 Å². The minimum absolute atomic E-state index is 0.358. The van der Waals surface area contributed by atoms with E-state index in [1.807, 2.05) is 7.11 Å². The molecule has 0 radical (unpaired) electrons. The molecule has 0 aromatic carbocycles. The van der Waals surface area contributed by atoms with Crippen molar-refractivity contribution in [2.75, 3.05) is 7.11 Å². The van der Waals surface area contributed by atoms with Crippen LogP contribution < -0.4 is 0 Å². The lowest BCUT2D eigenvalue weighted by Crippen LogP contribution is -2.43. The van der Waals surface area contributed by atoms with Gasteiger partial charge in [-0.3, -0.25) is 0 Å². The predicted octanol–water partition coefficient (Wildman–Crippen LogP) is 3.52. The first kappa shape index (κ1) is 13.4. The maximum Gasteiger partial charge on any atom is 0.0675 e. The third kappa shape index (κ3) is 3.03. The lowest BCUT2D eigenvalue weighted by atomic mass is 9.67. The van der Waals surface area contributed by atoms with E-state index in [1.165, 1.54) is 44.9 Å². The molecule has 0 aliphatic heterocycles. The Morgan fingerprint density at radius 2 is 1.65 bits per heavy atom. The summed E-state index contributed by atoms with van der Waals surface area (Å²) >= 11 is 0. The van der Waals surface area contributed by atoms with Gasteiger partial charge in [-0.05, 0) is 50.4 Å². The summed E-state index contributed by atoms with van der Waals surface area (Å²) in [6.07, 6.45) is 11.1. The monoisotopic (exact) mass is 240 g/mol. The fourth-order valence-corrected chi connectivity index (χ4v) is 3.88. The molecule has 2 heteroatoms. The van der Waals surface area contributed by atoms with Gasteiger partial charge in [-0.15, -0.1) is 0 Å². The Hall–Kier alpha value is -0.0800. The second kappa shape index (κ2) is 5.71. The van der Waals surface area contributed by atoms with Gasteiger partial charge in [0.25, 0.3) is 0 Å². The van der Waals surface area contributed by atoms with Crippen molar-refractivity contribution in [1.29, 1.82) is 0 Å². The zero-order chi connectivity index (χ0) is 12.3. The van der Waals surface area contributed by atoms with E-state index in [2.05, 4.69) is 6.92 Å². The molecule has 1 atom stereocenters. The van der Waals surface area contributed by atoms with Gasteiger partial charge in [-0.1, -0.05) is 26.2 Å². The van der Waals surface area contributed by atoms with E-state index < -0.39 is 0 Å². The summed E-state index contributed by atoms with van der Waals surface area (Å²) in [7, 11) is 1.82. The van der Waals surface area contributed by atoms with Crippen LogP contribution in [-0.2, 0) is 4.74 Å². The van der Waals surface area contributed by atoms with Gasteiger partial charge in [0.05, 0.1) is 11.7 Å². The molecule has 0 aromatic heterocycles. The van der Waals surface area contributed by atoms with Crippen LogP contribution >= 0.6 is 0 Å². The fraction of sp³-hybridized carbons (Fsp3) is 1.00. The Bertz CT molecular complexity index is 225. The van der Waals surface area contributed by atoms with Crippen molar-refractivity contribution in [2.45, 2.75) is 76.4 Å². The van der Waals surface area contributed by atoms with E-state index in [9.17, 15) is 5.11 Å². The normalized spacial score (nSPS) is 35.5. The van der Waals surface area contributed by atoms with Gasteiger partial charge in [0.15, 0.2) is 0 Å². The molecular weight excluding hydrogens is 212 g/mol. The lowest BCUT2D eigenvalue weighted by Gasteiger charge is -2.43. The largest absolute Gasteiger partial charge is 0.390 e. The highest BCUT2D eigenvalue weighted by Gasteiger charge is 2.40. The molecule has 0 saturated heterocycles. The summed E-state index contributed by atoms with van der Waals surface area (Å²) in [4.78, 5) is 0. The van der Waals surface area contributed by atoms with Crippen molar-refractivity contribution in [3.63, 3.8) is 0 Å². The Morgan fingerprint density at radius 1 is 1.06 bits per heavy atom. The van der Waals surface area contributed by atoms with Gasteiger partial charge in [0.2, 0.25) is 0 Å². The third-order valence-electron chi connectivity index (χ3n) is 5.33. The van der Waals surface area contributed by atoms with Gasteiger partial charge in [0, 0.05) is 7.11 Å². The Kier molecular flexibility index (Phi) is 4.48. The van der Waals surface area contributed by atoms with Crippen LogP contribution in [0.5, 0.6) is 0 Å². The molecule has 2 aliphatic rings. The summed E-state index contributed by atoms with van der Waals surface area (Å²) in [6.45, 7) is 2.28. The smallest absolute Gasteiger partial charge is 0.0675 e. The van der Waals surface area contributed by atoms with Gasteiger partial charge < -0.3 is 9.84 Å². The number of methoxy groups -OCH3 is 1. The summed E-state index contributed by atoms with van der Waals surface area (Å²) in [6, 6.07) is 0. The molecule has 2 saturated carbocycles. The average Bonchev–Trinajstić information content (AvgIpc) is 2.39. The summed E-state index contributed by atoms with van der Waals surface area (Å²) in [5.74, 6) is 1.19. The summed E-state index contributed by atoms with van der Waals surface area (Å²) in [5.41, 5.74) is -0.358. The molecule has 2 rings (SSSR count). The SMILES string of the molecule is COC1CCC(C(C)C2(O)CCCCC2)CC1.